The second-order valence-corrected chi connectivity index (χ2v) is 6.96. The molecular weight excluding hydrogens is 387 g/mol. The van der Waals surface area contributed by atoms with Gasteiger partial charge in [-0.15, -0.1) is 5.10 Å². The molecule has 4 aromatic rings. The van der Waals surface area contributed by atoms with Gasteiger partial charge in [0, 0.05) is 22.4 Å². The highest BCUT2D eigenvalue weighted by atomic mass is 35.5. The third-order valence-corrected chi connectivity index (χ3v) is 5.01. The molecule has 2 aromatic heterocycles. The number of aromatic nitrogens is 4. The van der Waals surface area contributed by atoms with Gasteiger partial charge < -0.3 is 0 Å². The number of benzene rings is 2. The van der Waals surface area contributed by atoms with E-state index in [0.29, 0.717) is 15.7 Å². The molecule has 8 heteroatoms. The van der Waals surface area contributed by atoms with Crippen LogP contribution in [0.4, 0.5) is 0 Å². The Morgan fingerprint density at radius 1 is 1.04 bits per heavy atom. The molecule has 0 aliphatic rings. The highest BCUT2D eigenvalue weighted by Gasteiger charge is 2.14. The molecule has 0 bridgehead atoms. The zero-order chi connectivity index (χ0) is 19.1. The SMILES string of the molecule is Cc1c(Cl)cccc1-n1ccn2c(=O)n(Cc3cccc(Cl)c3)nc2c1=O. The van der Waals surface area contributed by atoms with Gasteiger partial charge in [-0.05, 0) is 42.3 Å². The largest absolute Gasteiger partial charge is 0.350 e. The lowest BCUT2D eigenvalue weighted by molar-refractivity contribution is 0.658. The van der Waals surface area contributed by atoms with Crippen LogP contribution in [0.1, 0.15) is 11.1 Å². The average molecular weight is 401 g/mol. The maximum atomic E-state index is 12.9. The number of fused-ring (bicyclic) bond motifs is 1. The summed E-state index contributed by atoms with van der Waals surface area (Å²) in [6.45, 7) is 2.05. The van der Waals surface area contributed by atoms with Gasteiger partial charge in [0.2, 0.25) is 5.65 Å². The third-order valence-electron chi connectivity index (χ3n) is 4.37. The molecule has 4 rings (SSSR count). The summed E-state index contributed by atoms with van der Waals surface area (Å²) >= 11 is 12.2. The van der Waals surface area contributed by atoms with E-state index in [2.05, 4.69) is 5.10 Å². The average Bonchev–Trinajstić information content (AvgIpc) is 2.95. The molecule has 136 valence electrons. The molecule has 0 aliphatic heterocycles. The number of hydrogen-bond donors (Lipinski definition) is 0. The molecule has 0 fully saturated rings. The fraction of sp³-hybridized carbons (Fsp3) is 0.105. The first-order valence-electron chi connectivity index (χ1n) is 8.16. The lowest BCUT2D eigenvalue weighted by Gasteiger charge is -2.09. The van der Waals surface area contributed by atoms with Crippen LogP contribution < -0.4 is 11.2 Å². The number of halogens is 2. The molecule has 0 saturated carbocycles. The molecule has 0 atom stereocenters. The Balaban J connectivity index is 1.86. The van der Waals surface area contributed by atoms with Gasteiger partial charge in [-0.25, -0.2) is 13.9 Å². The Hall–Kier alpha value is -2.83. The van der Waals surface area contributed by atoms with E-state index in [4.69, 9.17) is 23.2 Å². The molecule has 0 saturated heterocycles. The third kappa shape index (κ3) is 3.07. The first-order valence-corrected chi connectivity index (χ1v) is 8.92. The summed E-state index contributed by atoms with van der Waals surface area (Å²) in [5, 5.41) is 5.36. The van der Waals surface area contributed by atoms with Crippen LogP contribution in [0.2, 0.25) is 10.0 Å². The van der Waals surface area contributed by atoms with Gasteiger partial charge in [0.15, 0.2) is 0 Å². The maximum Gasteiger partial charge on any atom is 0.350 e. The van der Waals surface area contributed by atoms with Crippen molar-refractivity contribution in [3.63, 3.8) is 0 Å². The van der Waals surface area contributed by atoms with E-state index < -0.39 is 11.2 Å². The van der Waals surface area contributed by atoms with E-state index in [1.54, 1.807) is 42.6 Å². The Morgan fingerprint density at radius 2 is 1.81 bits per heavy atom. The first-order chi connectivity index (χ1) is 13.0. The molecule has 0 spiro atoms. The lowest BCUT2D eigenvalue weighted by atomic mass is 10.2. The van der Waals surface area contributed by atoms with Crippen molar-refractivity contribution in [1.29, 1.82) is 0 Å². The van der Waals surface area contributed by atoms with E-state index in [0.717, 1.165) is 11.1 Å². The van der Waals surface area contributed by atoms with Gasteiger partial charge in [0.05, 0.1) is 12.2 Å². The van der Waals surface area contributed by atoms with Crippen LogP contribution in [0.25, 0.3) is 11.3 Å². The topological polar surface area (TPSA) is 61.3 Å². The van der Waals surface area contributed by atoms with Crippen molar-refractivity contribution in [1.82, 2.24) is 18.7 Å². The van der Waals surface area contributed by atoms with Crippen LogP contribution in [0.3, 0.4) is 0 Å². The molecule has 0 unspecified atom stereocenters. The quantitative estimate of drug-likeness (QED) is 0.529. The Labute approximate surface area is 163 Å². The summed E-state index contributed by atoms with van der Waals surface area (Å²) in [5.74, 6) is 0. The number of hydrogen-bond acceptors (Lipinski definition) is 3. The zero-order valence-electron chi connectivity index (χ0n) is 14.3. The molecule has 0 radical (unpaired) electrons. The summed E-state index contributed by atoms with van der Waals surface area (Å²) in [4.78, 5) is 25.5. The molecule has 0 aliphatic carbocycles. The summed E-state index contributed by atoms with van der Waals surface area (Å²) in [6.07, 6.45) is 3.07. The number of rotatable bonds is 3. The molecule has 6 nitrogen and oxygen atoms in total. The van der Waals surface area contributed by atoms with E-state index in [1.165, 1.54) is 19.8 Å². The minimum atomic E-state index is -0.398. The standard InChI is InChI=1S/C19H14Cl2N4O2/c1-12-15(21)6-3-7-16(12)23-8-9-24-17(18(23)26)22-25(19(24)27)11-13-4-2-5-14(20)10-13/h2-10H,11H2,1H3. The Kier molecular flexibility index (Phi) is 4.37. The van der Waals surface area contributed by atoms with Crippen molar-refractivity contribution in [2.45, 2.75) is 13.5 Å². The second-order valence-electron chi connectivity index (χ2n) is 6.12. The number of nitrogens with zero attached hydrogens (tertiary/aromatic N) is 4. The van der Waals surface area contributed by atoms with Gasteiger partial charge in [0.1, 0.15) is 0 Å². The van der Waals surface area contributed by atoms with Crippen LogP contribution in [0.5, 0.6) is 0 Å². The van der Waals surface area contributed by atoms with Crippen molar-refractivity contribution < 1.29 is 0 Å². The van der Waals surface area contributed by atoms with Crippen LogP contribution in [-0.2, 0) is 6.54 Å². The monoisotopic (exact) mass is 400 g/mol. The van der Waals surface area contributed by atoms with Crippen molar-refractivity contribution >= 4 is 28.8 Å². The van der Waals surface area contributed by atoms with Crippen molar-refractivity contribution in [3.05, 3.63) is 96.9 Å². The minimum absolute atomic E-state index is 0.0453. The molecule has 0 amide bonds. The molecule has 2 heterocycles. The van der Waals surface area contributed by atoms with Crippen LogP contribution >= 0.6 is 23.2 Å². The summed E-state index contributed by atoms with van der Waals surface area (Å²) < 4.78 is 3.92. The van der Waals surface area contributed by atoms with Crippen LogP contribution in [-0.4, -0.2) is 18.7 Å². The zero-order valence-corrected chi connectivity index (χ0v) is 15.8. The van der Waals surface area contributed by atoms with Crippen molar-refractivity contribution in [3.8, 4) is 5.69 Å². The molecule has 0 N–H and O–H groups in total. The lowest BCUT2D eigenvalue weighted by Crippen LogP contribution is -2.24. The van der Waals surface area contributed by atoms with Crippen LogP contribution in [0, 0.1) is 6.92 Å². The van der Waals surface area contributed by atoms with Gasteiger partial charge in [-0.3, -0.25) is 9.36 Å². The summed E-state index contributed by atoms with van der Waals surface area (Å²) in [5.41, 5.74) is 1.49. The van der Waals surface area contributed by atoms with E-state index in [9.17, 15) is 9.59 Å². The minimum Gasteiger partial charge on any atom is -0.279 e. The molecular formula is C19H14Cl2N4O2. The fourth-order valence-corrected chi connectivity index (χ4v) is 3.35. The highest BCUT2D eigenvalue weighted by molar-refractivity contribution is 6.31. The second kappa shape index (κ2) is 6.72. The van der Waals surface area contributed by atoms with E-state index in [1.807, 2.05) is 13.0 Å². The van der Waals surface area contributed by atoms with Gasteiger partial charge in [-0.1, -0.05) is 41.4 Å². The van der Waals surface area contributed by atoms with Crippen molar-refractivity contribution in [2.24, 2.45) is 0 Å². The molecule has 2 aromatic carbocycles. The van der Waals surface area contributed by atoms with E-state index in [-0.39, 0.29) is 12.2 Å². The summed E-state index contributed by atoms with van der Waals surface area (Å²) in [6, 6.07) is 12.5. The maximum absolute atomic E-state index is 12.9. The van der Waals surface area contributed by atoms with E-state index >= 15 is 0 Å². The Bertz CT molecular complexity index is 1290. The van der Waals surface area contributed by atoms with Gasteiger partial charge in [-0.2, -0.15) is 0 Å². The Morgan fingerprint density at radius 3 is 2.59 bits per heavy atom. The highest BCUT2D eigenvalue weighted by Crippen LogP contribution is 2.21. The fourth-order valence-electron chi connectivity index (χ4n) is 2.97. The normalized spacial score (nSPS) is 11.2. The predicted molar refractivity (Wildman–Crippen MR) is 105 cm³/mol. The van der Waals surface area contributed by atoms with Crippen molar-refractivity contribution in [2.75, 3.05) is 0 Å². The predicted octanol–water partition coefficient (Wildman–Crippen LogP) is 3.31. The summed E-state index contributed by atoms with van der Waals surface area (Å²) in [7, 11) is 0. The first kappa shape index (κ1) is 17.6. The van der Waals surface area contributed by atoms with Gasteiger partial charge in [0.25, 0.3) is 0 Å². The van der Waals surface area contributed by atoms with Crippen LogP contribution in [0.15, 0.2) is 64.4 Å². The van der Waals surface area contributed by atoms with Gasteiger partial charge >= 0.3 is 11.2 Å². The molecule has 27 heavy (non-hydrogen) atoms. The smallest absolute Gasteiger partial charge is 0.279 e.